The van der Waals surface area contributed by atoms with E-state index >= 15 is 0 Å². The van der Waals surface area contributed by atoms with Crippen LogP contribution < -0.4 is 10.2 Å². The van der Waals surface area contributed by atoms with Gasteiger partial charge in [-0.25, -0.2) is 4.39 Å². The minimum absolute atomic E-state index is 0.0114. The molecular weight excluding hydrogens is 395 g/mol. The molecule has 0 aliphatic heterocycles. The van der Waals surface area contributed by atoms with Crippen LogP contribution in [0.2, 0.25) is 0 Å². The summed E-state index contributed by atoms with van der Waals surface area (Å²) in [7, 11) is 0. The average Bonchev–Trinajstić information content (AvgIpc) is 3.40. The summed E-state index contributed by atoms with van der Waals surface area (Å²) in [6, 6.07) is 7.70. The van der Waals surface area contributed by atoms with E-state index in [9.17, 15) is 14.0 Å². The molecule has 0 aliphatic carbocycles. The van der Waals surface area contributed by atoms with Crippen molar-refractivity contribution in [3.63, 3.8) is 0 Å². The number of furan rings is 1. The first-order valence-electron chi connectivity index (χ1n) is 9.04. The van der Waals surface area contributed by atoms with Gasteiger partial charge in [-0.1, -0.05) is 23.5 Å². The number of amides is 2. The Balaban J connectivity index is 2.14. The SMILES string of the molecule is CCC(C)(C)NC(=O)[C@H](c1ccco1)N(C(=O)c1csnn1)c1ccccc1F. The highest BCUT2D eigenvalue weighted by atomic mass is 32.1. The maximum atomic E-state index is 14.7. The van der Waals surface area contributed by atoms with Crippen molar-refractivity contribution in [1.82, 2.24) is 14.9 Å². The topological polar surface area (TPSA) is 88.3 Å². The van der Waals surface area contributed by atoms with Crippen LogP contribution in [0.5, 0.6) is 0 Å². The first-order chi connectivity index (χ1) is 13.8. The van der Waals surface area contributed by atoms with Gasteiger partial charge in [-0.15, -0.1) is 5.10 Å². The molecule has 2 aromatic heterocycles. The molecule has 0 saturated heterocycles. The second-order valence-corrected chi connectivity index (χ2v) is 7.67. The Kier molecular flexibility index (Phi) is 6.07. The standard InChI is InChI=1S/C20H21FN4O3S/c1-4-20(2,3)22-18(26)17(16-10-7-11-28-16)25(15-9-6-5-8-13(15)21)19(27)14-12-29-24-23-14/h5-12,17H,4H2,1-3H3,(H,22,26)/t17-/m0/s1. The summed E-state index contributed by atoms with van der Waals surface area (Å²) >= 11 is 0.990. The van der Waals surface area contributed by atoms with Gasteiger partial charge in [-0.2, -0.15) is 0 Å². The Morgan fingerprint density at radius 2 is 2.03 bits per heavy atom. The smallest absolute Gasteiger partial charge is 0.280 e. The van der Waals surface area contributed by atoms with Crippen molar-refractivity contribution in [2.45, 2.75) is 38.8 Å². The second kappa shape index (κ2) is 8.52. The van der Waals surface area contributed by atoms with Gasteiger partial charge in [0.25, 0.3) is 11.8 Å². The second-order valence-electron chi connectivity index (χ2n) is 7.06. The lowest BCUT2D eigenvalue weighted by Gasteiger charge is -2.33. The molecule has 3 rings (SSSR count). The lowest BCUT2D eigenvalue weighted by molar-refractivity contribution is -0.124. The molecule has 9 heteroatoms. The Hall–Kier alpha value is -3.07. The summed E-state index contributed by atoms with van der Waals surface area (Å²) in [6.45, 7) is 5.66. The zero-order valence-corrected chi connectivity index (χ0v) is 17.1. The average molecular weight is 416 g/mol. The van der Waals surface area contributed by atoms with Gasteiger partial charge >= 0.3 is 0 Å². The minimum atomic E-state index is -1.23. The number of hydrogen-bond donors (Lipinski definition) is 1. The zero-order chi connectivity index (χ0) is 21.0. The Bertz CT molecular complexity index is 974. The van der Waals surface area contributed by atoms with Crippen LogP contribution in [0.25, 0.3) is 0 Å². The van der Waals surface area contributed by atoms with Crippen LogP contribution >= 0.6 is 11.5 Å². The first kappa shape index (κ1) is 20.7. The van der Waals surface area contributed by atoms with Gasteiger partial charge in [0.2, 0.25) is 0 Å². The summed E-state index contributed by atoms with van der Waals surface area (Å²) < 4.78 is 23.9. The lowest BCUT2D eigenvalue weighted by atomic mass is 10.0. The summed E-state index contributed by atoms with van der Waals surface area (Å²) in [5.74, 6) is -1.60. The summed E-state index contributed by atoms with van der Waals surface area (Å²) in [4.78, 5) is 27.6. The van der Waals surface area contributed by atoms with Crippen molar-refractivity contribution in [2.75, 3.05) is 4.90 Å². The van der Waals surface area contributed by atoms with E-state index in [1.807, 2.05) is 20.8 Å². The summed E-state index contributed by atoms with van der Waals surface area (Å²) in [5, 5.41) is 8.16. The van der Waals surface area contributed by atoms with E-state index in [0.29, 0.717) is 6.42 Å². The highest BCUT2D eigenvalue weighted by molar-refractivity contribution is 7.03. The summed E-state index contributed by atoms with van der Waals surface area (Å²) in [5.41, 5.74) is -0.581. The van der Waals surface area contributed by atoms with Crippen molar-refractivity contribution < 1.29 is 18.4 Å². The molecule has 1 N–H and O–H groups in total. The maximum Gasteiger partial charge on any atom is 0.280 e. The van der Waals surface area contributed by atoms with Crippen molar-refractivity contribution in [1.29, 1.82) is 0 Å². The number of hydrogen-bond acceptors (Lipinski definition) is 6. The number of carbonyl (C=O) groups excluding carboxylic acids is 2. The van der Waals surface area contributed by atoms with E-state index in [1.165, 1.54) is 29.8 Å². The molecule has 0 saturated carbocycles. The van der Waals surface area contributed by atoms with E-state index in [-0.39, 0.29) is 17.1 Å². The molecule has 0 spiro atoms. The van der Waals surface area contributed by atoms with Gasteiger partial charge in [0.05, 0.1) is 12.0 Å². The van der Waals surface area contributed by atoms with Crippen LogP contribution in [0.3, 0.4) is 0 Å². The molecule has 152 valence electrons. The third-order valence-electron chi connectivity index (χ3n) is 4.57. The van der Waals surface area contributed by atoms with E-state index in [0.717, 1.165) is 16.4 Å². The number of carbonyl (C=O) groups is 2. The van der Waals surface area contributed by atoms with Crippen LogP contribution in [0, 0.1) is 5.82 Å². The highest BCUT2D eigenvalue weighted by Gasteiger charge is 2.38. The van der Waals surface area contributed by atoms with Crippen LogP contribution in [0.4, 0.5) is 10.1 Å². The lowest BCUT2D eigenvalue weighted by Crippen LogP contribution is -2.50. The van der Waals surface area contributed by atoms with Crippen LogP contribution in [0.15, 0.2) is 52.5 Å². The van der Waals surface area contributed by atoms with Gasteiger partial charge in [-0.3, -0.25) is 14.5 Å². The molecule has 0 bridgehead atoms. The van der Waals surface area contributed by atoms with Crippen molar-refractivity contribution in [2.24, 2.45) is 0 Å². The fraction of sp³-hybridized carbons (Fsp3) is 0.300. The molecule has 0 radical (unpaired) electrons. The molecule has 0 aliphatic rings. The van der Waals surface area contributed by atoms with Gasteiger partial charge in [0, 0.05) is 10.9 Å². The van der Waals surface area contributed by atoms with E-state index in [1.54, 1.807) is 18.2 Å². The number of aromatic nitrogens is 2. The minimum Gasteiger partial charge on any atom is -0.467 e. The predicted octanol–water partition coefficient (Wildman–Crippen LogP) is 3.96. The Morgan fingerprint density at radius 1 is 1.28 bits per heavy atom. The van der Waals surface area contributed by atoms with Gasteiger partial charge in [0.1, 0.15) is 11.6 Å². The molecule has 1 aromatic carbocycles. The Labute approximate surface area is 171 Å². The number of rotatable bonds is 7. The fourth-order valence-electron chi connectivity index (χ4n) is 2.70. The third-order valence-corrected chi connectivity index (χ3v) is 5.08. The van der Waals surface area contributed by atoms with Crippen LogP contribution in [0.1, 0.15) is 49.5 Å². The maximum absolute atomic E-state index is 14.7. The largest absolute Gasteiger partial charge is 0.467 e. The molecule has 29 heavy (non-hydrogen) atoms. The summed E-state index contributed by atoms with van der Waals surface area (Å²) in [6.07, 6.45) is 2.06. The number of benzene rings is 1. The molecule has 0 unspecified atom stereocenters. The van der Waals surface area contributed by atoms with E-state index in [4.69, 9.17) is 4.42 Å². The van der Waals surface area contributed by atoms with Crippen LogP contribution in [-0.4, -0.2) is 26.9 Å². The fourth-order valence-corrected chi connectivity index (χ4v) is 3.13. The van der Waals surface area contributed by atoms with Gasteiger partial charge in [0.15, 0.2) is 11.7 Å². The quantitative estimate of drug-likeness (QED) is 0.630. The number of halogens is 1. The van der Waals surface area contributed by atoms with E-state index in [2.05, 4.69) is 14.9 Å². The predicted molar refractivity (Wildman–Crippen MR) is 107 cm³/mol. The van der Waals surface area contributed by atoms with Crippen molar-refractivity contribution >= 4 is 29.0 Å². The number of nitrogens with zero attached hydrogens (tertiary/aromatic N) is 3. The molecule has 7 nitrogen and oxygen atoms in total. The first-order valence-corrected chi connectivity index (χ1v) is 9.88. The molecule has 0 fully saturated rings. The third kappa shape index (κ3) is 4.51. The van der Waals surface area contributed by atoms with Gasteiger partial charge in [-0.05, 0) is 56.1 Å². The number of anilines is 1. The molecule has 2 heterocycles. The molecule has 2 amide bonds. The molecule has 1 atom stereocenters. The number of para-hydroxylation sites is 1. The van der Waals surface area contributed by atoms with Gasteiger partial charge < -0.3 is 9.73 Å². The van der Waals surface area contributed by atoms with Crippen LogP contribution in [-0.2, 0) is 4.79 Å². The van der Waals surface area contributed by atoms with Crippen molar-refractivity contribution in [3.05, 3.63) is 65.3 Å². The highest BCUT2D eigenvalue weighted by Crippen LogP contribution is 2.32. The normalized spacial score (nSPS) is 12.4. The molecule has 3 aromatic rings. The zero-order valence-electron chi connectivity index (χ0n) is 16.3. The number of nitrogens with one attached hydrogen (secondary N) is 1. The monoisotopic (exact) mass is 416 g/mol. The Morgan fingerprint density at radius 3 is 2.62 bits per heavy atom. The molecular formula is C20H21FN4O3S. The van der Waals surface area contributed by atoms with E-state index < -0.39 is 29.2 Å². The van der Waals surface area contributed by atoms with Crippen molar-refractivity contribution in [3.8, 4) is 0 Å².